The molecule has 1 aliphatic rings. The highest BCUT2D eigenvalue weighted by atomic mass is 32.2. The van der Waals surface area contributed by atoms with Gasteiger partial charge in [0.2, 0.25) is 5.91 Å². The van der Waals surface area contributed by atoms with E-state index in [-0.39, 0.29) is 11.2 Å². The van der Waals surface area contributed by atoms with Gasteiger partial charge in [0.15, 0.2) is 11.0 Å². The van der Waals surface area contributed by atoms with Crippen LogP contribution >= 0.6 is 11.8 Å². The van der Waals surface area contributed by atoms with Crippen LogP contribution < -0.4 is 10.1 Å². The molecular formula is C21H27N5O2S. The maximum absolute atomic E-state index is 12.8. The molecule has 3 rings (SSSR count). The van der Waals surface area contributed by atoms with Crippen LogP contribution in [0, 0.1) is 11.3 Å². The lowest BCUT2D eigenvalue weighted by atomic mass is 9.83. The first kappa shape index (κ1) is 21.2. The maximum atomic E-state index is 12.8. The third-order valence-electron chi connectivity index (χ3n) is 5.32. The number of ether oxygens (including phenoxy) is 1. The highest BCUT2D eigenvalue weighted by Gasteiger charge is 2.35. The summed E-state index contributed by atoms with van der Waals surface area (Å²) in [7, 11) is 1.63. The van der Waals surface area contributed by atoms with Crippen molar-refractivity contribution in [1.82, 2.24) is 20.1 Å². The summed E-state index contributed by atoms with van der Waals surface area (Å²) < 4.78 is 7.21. The van der Waals surface area contributed by atoms with Crippen molar-refractivity contribution in [2.24, 2.45) is 0 Å². The smallest absolute Gasteiger partial charge is 0.234 e. The first-order valence-electron chi connectivity index (χ1n) is 9.99. The van der Waals surface area contributed by atoms with Crippen molar-refractivity contribution in [3.8, 4) is 23.2 Å². The summed E-state index contributed by atoms with van der Waals surface area (Å²) >= 11 is 1.37. The second kappa shape index (κ2) is 9.31. The van der Waals surface area contributed by atoms with Gasteiger partial charge in [-0.05, 0) is 51.0 Å². The standard InChI is InChI=1S/C21H27N5O2S/c1-4-26-18(16-8-10-17(28-3)11-9-16)24-25-20(26)29-15(2)19(27)23-21(14-22)12-6-5-7-13-21/h8-11,15H,4-7,12-13H2,1-3H3,(H,23,27)/t15-/m1/s1. The van der Waals surface area contributed by atoms with Crippen LogP contribution in [-0.2, 0) is 11.3 Å². The van der Waals surface area contributed by atoms with Crippen molar-refractivity contribution in [3.63, 3.8) is 0 Å². The number of thioether (sulfide) groups is 1. The molecule has 1 amide bonds. The topological polar surface area (TPSA) is 92.8 Å². The number of amides is 1. The van der Waals surface area contributed by atoms with Crippen molar-refractivity contribution in [3.05, 3.63) is 24.3 Å². The molecule has 1 fully saturated rings. The molecule has 0 radical (unpaired) electrons. The van der Waals surface area contributed by atoms with Crippen LogP contribution in [0.5, 0.6) is 5.75 Å². The second-order valence-electron chi connectivity index (χ2n) is 7.28. The van der Waals surface area contributed by atoms with Gasteiger partial charge in [-0.2, -0.15) is 5.26 Å². The van der Waals surface area contributed by atoms with Gasteiger partial charge in [-0.1, -0.05) is 31.0 Å². The molecule has 154 valence electrons. The summed E-state index contributed by atoms with van der Waals surface area (Å²) in [5.74, 6) is 1.41. The minimum absolute atomic E-state index is 0.130. The Labute approximate surface area is 175 Å². The van der Waals surface area contributed by atoms with Gasteiger partial charge in [0.05, 0.1) is 18.4 Å². The van der Waals surface area contributed by atoms with Gasteiger partial charge in [-0.15, -0.1) is 10.2 Å². The maximum Gasteiger partial charge on any atom is 0.234 e. The number of nitrogens with zero attached hydrogens (tertiary/aromatic N) is 4. The van der Waals surface area contributed by atoms with Crippen molar-refractivity contribution in [1.29, 1.82) is 5.26 Å². The van der Waals surface area contributed by atoms with E-state index in [2.05, 4.69) is 21.6 Å². The van der Waals surface area contributed by atoms with E-state index >= 15 is 0 Å². The van der Waals surface area contributed by atoms with Gasteiger partial charge in [0.1, 0.15) is 11.3 Å². The van der Waals surface area contributed by atoms with Gasteiger partial charge < -0.3 is 14.6 Å². The molecular weight excluding hydrogens is 386 g/mol. The molecule has 1 aromatic heterocycles. The van der Waals surface area contributed by atoms with Crippen LogP contribution in [-0.4, -0.2) is 38.6 Å². The molecule has 1 atom stereocenters. The number of aromatic nitrogens is 3. The van der Waals surface area contributed by atoms with Gasteiger partial charge in [0.25, 0.3) is 0 Å². The quantitative estimate of drug-likeness (QED) is 0.694. The molecule has 1 heterocycles. The predicted octanol–water partition coefficient (Wildman–Crippen LogP) is 3.80. The Morgan fingerprint density at radius 1 is 1.31 bits per heavy atom. The average Bonchev–Trinajstić information content (AvgIpc) is 3.16. The Morgan fingerprint density at radius 2 is 2.00 bits per heavy atom. The monoisotopic (exact) mass is 413 g/mol. The zero-order valence-electron chi connectivity index (χ0n) is 17.1. The highest BCUT2D eigenvalue weighted by Crippen LogP contribution is 2.30. The number of methoxy groups -OCH3 is 1. The number of nitrogens with one attached hydrogen (secondary N) is 1. The number of nitriles is 1. The van der Waals surface area contributed by atoms with E-state index in [1.165, 1.54) is 11.8 Å². The lowest BCUT2D eigenvalue weighted by molar-refractivity contribution is -0.121. The van der Waals surface area contributed by atoms with E-state index in [0.717, 1.165) is 49.2 Å². The minimum atomic E-state index is -0.725. The van der Waals surface area contributed by atoms with Crippen molar-refractivity contribution in [2.45, 2.75) is 68.4 Å². The molecule has 0 aliphatic heterocycles. The fourth-order valence-electron chi connectivity index (χ4n) is 3.58. The van der Waals surface area contributed by atoms with Crippen molar-refractivity contribution < 1.29 is 9.53 Å². The fraction of sp³-hybridized carbons (Fsp3) is 0.524. The van der Waals surface area contributed by atoms with Gasteiger partial charge in [-0.3, -0.25) is 4.79 Å². The number of hydrogen-bond donors (Lipinski definition) is 1. The van der Waals surface area contributed by atoms with Crippen LogP contribution in [0.25, 0.3) is 11.4 Å². The molecule has 1 aliphatic carbocycles. The Kier molecular flexibility index (Phi) is 6.80. The first-order chi connectivity index (χ1) is 14.0. The zero-order valence-corrected chi connectivity index (χ0v) is 18.0. The lowest BCUT2D eigenvalue weighted by Crippen LogP contribution is -2.51. The van der Waals surface area contributed by atoms with Gasteiger partial charge in [0, 0.05) is 12.1 Å². The van der Waals surface area contributed by atoms with E-state index in [0.29, 0.717) is 11.7 Å². The molecule has 29 heavy (non-hydrogen) atoms. The van der Waals surface area contributed by atoms with E-state index in [9.17, 15) is 10.1 Å². The van der Waals surface area contributed by atoms with E-state index in [1.54, 1.807) is 7.11 Å². The molecule has 2 aromatic rings. The molecule has 1 N–H and O–H groups in total. The molecule has 0 saturated heterocycles. The van der Waals surface area contributed by atoms with Crippen molar-refractivity contribution in [2.75, 3.05) is 7.11 Å². The molecule has 0 bridgehead atoms. The Morgan fingerprint density at radius 3 is 2.59 bits per heavy atom. The normalized spacial score (nSPS) is 16.6. The SMILES string of the molecule is CCn1c(S[C@H](C)C(=O)NC2(C#N)CCCCC2)nnc1-c1ccc(OC)cc1. The minimum Gasteiger partial charge on any atom is -0.497 e. The van der Waals surface area contributed by atoms with E-state index in [4.69, 9.17) is 4.74 Å². The summed E-state index contributed by atoms with van der Waals surface area (Å²) in [4.78, 5) is 12.8. The predicted molar refractivity (Wildman–Crippen MR) is 113 cm³/mol. The fourth-order valence-corrected chi connectivity index (χ4v) is 4.50. The summed E-state index contributed by atoms with van der Waals surface area (Å²) in [6, 6.07) is 10.0. The van der Waals surface area contributed by atoms with Gasteiger partial charge >= 0.3 is 0 Å². The Bertz CT molecular complexity index is 881. The summed E-state index contributed by atoms with van der Waals surface area (Å²) in [5.41, 5.74) is 0.214. The molecule has 8 heteroatoms. The van der Waals surface area contributed by atoms with Crippen LogP contribution in [0.1, 0.15) is 46.0 Å². The van der Waals surface area contributed by atoms with Crippen LogP contribution in [0.3, 0.4) is 0 Å². The number of rotatable bonds is 7. The van der Waals surface area contributed by atoms with E-state index < -0.39 is 5.54 Å². The number of benzene rings is 1. The third kappa shape index (κ3) is 4.73. The molecule has 7 nitrogen and oxygen atoms in total. The average molecular weight is 414 g/mol. The van der Waals surface area contributed by atoms with Gasteiger partial charge in [-0.25, -0.2) is 0 Å². The zero-order chi connectivity index (χ0) is 20.9. The highest BCUT2D eigenvalue weighted by molar-refractivity contribution is 8.00. The molecule has 1 saturated carbocycles. The first-order valence-corrected chi connectivity index (χ1v) is 10.9. The Hall–Kier alpha value is -2.53. The van der Waals surface area contributed by atoms with Crippen molar-refractivity contribution >= 4 is 17.7 Å². The second-order valence-corrected chi connectivity index (χ2v) is 8.59. The third-order valence-corrected chi connectivity index (χ3v) is 6.40. The number of carbonyl (C=O) groups excluding carboxylic acids is 1. The Balaban J connectivity index is 1.73. The lowest BCUT2D eigenvalue weighted by Gasteiger charge is -2.32. The van der Waals surface area contributed by atoms with Crippen LogP contribution in [0.15, 0.2) is 29.4 Å². The molecule has 1 aromatic carbocycles. The van der Waals surface area contributed by atoms with E-state index in [1.807, 2.05) is 42.7 Å². The molecule has 0 unspecified atom stereocenters. The summed E-state index contributed by atoms with van der Waals surface area (Å²) in [6.45, 7) is 4.56. The largest absolute Gasteiger partial charge is 0.497 e. The van der Waals surface area contributed by atoms with Crippen LogP contribution in [0.2, 0.25) is 0 Å². The number of hydrogen-bond acceptors (Lipinski definition) is 6. The number of carbonyl (C=O) groups is 1. The van der Waals surface area contributed by atoms with Crippen LogP contribution in [0.4, 0.5) is 0 Å². The summed E-state index contributed by atoms with van der Waals surface area (Å²) in [6.07, 6.45) is 4.52. The molecule has 0 spiro atoms. The summed E-state index contributed by atoms with van der Waals surface area (Å²) in [5, 5.41) is 21.6.